The third-order valence-corrected chi connectivity index (χ3v) is 0.364. The molecule has 0 amide bonds. The molecule has 0 rings (SSSR count). The molecule has 0 saturated carbocycles. The maximum Gasteiger partial charge on any atom is 0.0212 e. The van der Waals surface area contributed by atoms with Gasteiger partial charge >= 0.3 is 0 Å². The van der Waals surface area contributed by atoms with E-state index in [0.29, 0.717) is 12.1 Å². The van der Waals surface area contributed by atoms with Gasteiger partial charge in [0.05, 0.1) is 0 Å². The molecule has 0 bridgehead atoms. The van der Waals surface area contributed by atoms with Crippen LogP contribution in [0.3, 0.4) is 0 Å². The van der Waals surface area contributed by atoms with Gasteiger partial charge < -0.3 is 16.6 Å². The zero-order chi connectivity index (χ0) is 4.99. The van der Waals surface area contributed by atoms with Gasteiger partial charge in [-0.25, -0.2) is 0 Å². The highest BCUT2D eigenvalue weighted by molar-refractivity contribution is 5.56. The molecule has 0 aliphatic carbocycles. The number of rotatable bonds is 2. The summed E-state index contributed by atoms with van der Waals surface area (Å²) in [6, 6.07) is 0. The van der Waals surface area contributed by atoms with Crippen molar-refractivity contribution >= 4 is 6.21 Å². The van der Waals surface area contributed by atoms with Gasteiger partial charge in [0.1, 0.15) is 0 Å². The van der Waals surface area contributed by atoms with Crippen molar-refractivity contribution in [1.29, 1.82) is 5.41 Å². The summed E-state index contributed by atoms with van der Waals surface area (Å²) >= 11 is 0. The van der Waals surface area contributed by atoms with Crippen LogP contribution in [-0.2, 0) is 0 Å². The quantitative estimate of drug-likeness (QED) is 0.460. The maximum atomic E-state index is 6.47. The SMILES string of the molecule is C=C(N)CC=N.O. The molecule has 0 fully saturated rings. The zero-order valence-corrected chi connectivity index (χ0v) is 4.07. The molecule has 7 heavy (non-hydrogen) atoms. The summed E-state index contributed by atoms with van der Waals surface area (Å²) in [5.41, 5.74) is 5.60. The molecule has 42 valence electrons. The van der Waals surface area contributed by atoms with Crippen LogP contribution >= 0.6 is 0 Å². The van der Waals surface area contributed by atoms with Crippen molar-refractivity contribution in [2.24, 2.45) is 5.73 Å². The van der Waals surface area contributed by atoms with Crippen LogP contribution in [0.4, 0.5) is 0 Å². The number of nitrogens with one attached hydrogen (secondary N) is 1. The Morgan fingerprint density at radius 1 is 1.86 bits per heavy atom. The average Bonchev–Trinajstić information content (AvgIpc) is 1.35. The van der Waals surface area contributed by atoms with Crippen molar-refractivity contribution in [2.45, 2.75) is 6.42 Å². The third kappa shape index (κ3) is 11.0. The van der Waals surface area contributed by atoms with E-state index in [2.05, 4.69) is 6.58 Å². The largest absolute Gasteiger partial charge is 0.412 e. The molecule has 3 nitrogen and oxygen atoms in total. The van der Waals surface area contributed by atoms with Crippen LogP contribution in [0, 0.1) is 5.41 Å². The first kappa shape index (κ1) is 9.48. The minimum atomic E-state index is 0. The summed E-state index contributed by atoms with van der Waals surface area (Å²) in [4.78, 5) is 0. The van der Waals surface area contributed by atoms with Gasteiger partial charge in [-0.1, -0.05) is 6.58 Å². The number of nitrogens with two attached hydrogens (primary N) is 1. The van der Waals surface area contributed by atoms with E-state index < -0.39 is 0 Å². The second-order valence-electron chi connectivity index (χ2n) is 1.07. The molecule has 3 heteroatoms. The number of hydrogen-bond acceptors (Lipinski definition) is 2. The van der Waals surface area contributed by atoms with Crippen molar-refractivity contribution in [3.8, 4) is 0 Å². The van der Waals surface area contributed by atoms with E-state index in [1.165, 1.54) is 6.21 Å². The van der Waals surface area contributed by atoms with Gasteiger partial charge in [-0.2, -0.15) is 0 Å². The van der Waals surface area contributed by atoms with Gasteiger partial charge in [0, 0.05) is 18.3 Å². The molecule has 0 atom stereocenters. The minimum absolute atomic E-state index is 0. The highest BCUT2D eigenvalue weighted by atomic mass is 16.0. The summed E-state index contributed by atoms with van der Waals surface area (Å²) in [6.45, 7) is 3.37. The Morgan fingerprint density at radius 2 is 2.29 bits per heavy atom. The predicted molar refractivity (Wildman–Crippen MR) is 30.3 cm³/mol. The lowest BCUT2D eigenvalue weighted by Crippen LogP contribution is -1.92. The summed E-state index contributed by atoms with van der Waals surface area (Å²) in [6.07, 6.45) is 1.72. The van der Waals surface area contributed by atoms with E-state index in [4.69, 9.17) is 11.1 Å². The summed E-state index contributed by atoms with van der Waals surface area (Å²) < 4.78 is 0. The molecule has 0 heterocycles. The van der Waals surface area contributed by atoms with Gasteiger partial charge in [0.25, 0.3) is 0 Å². The van der Waals surface area contributed by atoms with Crippen LogP contribution in [0.2, 0.25) is 0 Å². The lowest BCUT2D eigenvalue weighted by Gasteiger charge is -1.83. The van der Waals surface area contributed by atoms with Gasteiger partial charge in [-0.3, -0.25) is 0 Å². The standard InChI is InChI=1S/C4H8N2.H2O/c1-4(6)2-3-5;/h3,5H,1-2,6H2;1H2. The van der Waals surface area contributed by atoms with Gasteiger partial charge in [-0.05, 0) is 0 Å². The zero-order valence-electron chi connectivity index (χ0n) is 4.07. The first-order valence-corrected chi connectivity index (χ1v) is 1.69. The molecular weight excluding hydrogens is 92.1 g/mol. The molecule has 0 aromatic heterocycles. The first-order chi connectivity index (χ1) is 2.77. The Kier molecular flexibility index (Phi) is 7.00. The molecule has 0 aliphatic heterocycles. The smallest absolute Gasteiger partial charge is 0.0212 e. The lowest BCUT2D eigenvalue weighted by molar-refractivity contribution is 0.824. The lowest BCUT2D eigenvalue weighted by atomic mass is 10.4. The van der Waals surface area contributed by atoms with Crippen molar-refractivity contribution in [3.05, 3.63) is 12.3 Å². The van der Waals surface area contributed by atoms with E-state index in [-0.39, 0.29) is 5.48 Å². The molecular formula is C4H10N2O. The van der Waals surface area contributed by atoms with Gasteiger partial charge in [0.15, 0.2) is 0 Å². The minimum Gasteiger partial charge on any atom is -0.412 e. The number of allylic oxidation sites excluding steroid dienone is 1. The molecule has 0 saturated heterocycles. The van der Waals surface area contributed by atoms with Crippen LogP contribution in [0.5, 0.6) is 0 Å². The molecule has 5 N–H and O–H groups in total. The highest BCUT2D eigenvalue weighted by Crippen LogP contribution is 1.77. The van der Waals surface area contributed by atoms with Crippen molar-refractivity contribution in [1.82, 2.24) is 0 Å². The van der Waals surface area contributed by atoms with Crippen molar-refractivity contribution in [2.75, 3.05) is 0 Å². The second kappa shape index (κ2) is 5.17. The number of hydrogen-bond donors (Lipinski definition) is 2. The monoisotopic (exact) mass is 102 g/mol. The molecule has 0 spiro atoms. The van der Waals surface area contributed by atoms with E-state index >= 15 is 0 Å². The Morgan fingerprint density at radius 3 is 2.29 bits per heavy atom. The van der Waals surface area contributed by atoms with Crippen molar-refractivity contribution < 1.29 is 5.48 Å². The Bertz CT molecular complexity index is 70.1. The second-order valence-corrected chi connectivity index (χ2v) is 1.07. The fourth-order valence-corrected chi connectivity index (χ4v) is 0.131. The average molecular weight is 102 g/mol. The molecule has 0 aromatic rings. The maximum absolute atomic E-state index is 6.47. The highest BCUT2D eigenvalue weighted by Gasteiger charge is 1.73. The van der Waals surface area contributed by atoms with E-state index in [9.17, 15) is 0 Å². The summed E-state index contributed by atoms with van der Waals surface area (Å²) in [5, 5.41) is 6.47. The summed E-state index contributed by atoms with van der Waals surface area (Å²) in [7, 11) is 0. The molecule has 0 unspecified atom stereocenters. The van der Waals surface area contributed by atoms with Crippen LogP contribution in [0.1, 0.15) is 6.42 Å². The Labute approximate surface area is 42.7 Å². The predicted octanol–water partition coefficient (Wildman–Crippen LogP) is -0.326. The van der Waals surface area contributed by atoms with Crippen LogP contribution in [0.15, 0.2) is 12.3 Å². The fraction of sp³-hybridized carbons (Fsp3) is 0.250. The Hall–Kier alpha value is -0.830. The molecule has 0 radical (unpaired) electrons. The molecule has 0 aromatic carbocycles. The normalized spacial score (nSPS) is 6.29. The summed E-state index contributed by atoms with van der Waals surface area (Å²) in [5.74, 6) is 0. The van der Waals surface area contributed by atoms with Crippen LogP contribution < -0.4 is 5.73 Å². The fourth-order valence-electron chi connectivity index (χ4n) is 0.131. The topological polar surface area (TPSA) is 81.4 Å². The molecule has 0 aliphatic rings. The van der Waals surface area contributed by atoms with Crippen molar-refractivity contribution in [3.63, 3.8) is 0 Å². The third-order valence-electron chi connectivity index (χ3n) is 0.364. The van der Waals surface area contributed by atoms with Crippen LogP contribution in [0.25, 0.3) is 0 Å². The van der Waals surface area contributed by atoms with Crippen LogP contribution in [-0.4, -0.2) is 11.7 Å². The Balaban J connectivity index is 0. The van der Waals surface area contributed by atoms with Gasteiger partial charge in [0.2, 0.25) is 0 Å². The van der Waals surface area contributed by atoms with E-state index in [1.807, 2.05) is 0 Å². The van der Waals surface area contributed by atoms with Gasteiger partial charge in [-0.15, -0.1) is 0 Å². The van der Waals surface area contributed by atoms with E-state index in [1.54, 1.807) is 0 Å². The van der Waals surface area contributed by atoms with E-state index in [0.717, 1.165) is 0 Å². The first-order valence-electron chi connectivity index (χ1n) is 1.69.